The summed E-state index contributed by atoms with van der Waals surface area (Å²) in [6.45, 7) is 2.83. The largest absolute Gasteiger partial charge is 0.396 e. The van der Waals surface area contributed by atoms with E-state index in [1.54, 1.807) is 18.3 Å². The van der Waals surface area contributed by atoms with Gasteiger partial charge in [-0.15, -0.1) is 0 Å². The number of amides is 1. The third-order valence-electron chi connectivity index (χ3n) is 4.59. The van der Waals surface area contributed by atoms with Crippen LogP contribution in [0.2, 0.25) is 5.02 Å². The van der Waals surface area contributed by atoms with Crippen molar-refractivity contribution in [3.63, 3.8) is 0 Å². The van der Waals surface area contributed by atoms with E-state index in [1.807, 2.05) is 24.0 Å². The molecule has 1 aromatic carbocycles. The fraction of sp³-hybridized carbons (Fsp3) is 0.412. The highest BCUT2D eigenvalue weighted by atomic mass is 35.5. The normalized spacial score (nSPS) is 22.0. The second-order valence-corrected chi connectivity index (χ2v) is 6.23. The van der Waals surface area contributed by atoms with E-state index in [0.29, 0.717) is 22.6 Å². The van der Waals surface area contributed by atoms with E-state index in [0.717, 1.165) is 18.2 Å². The molecule has 2 unspecified atom stereocenters. The fourth-order valence-electron chi connectivity index (χ4n) is 3.22. The Labute approximate surface area is 134 Å². The van der Waals surface area contributed by atoms with Gasteiger partial charge in [0, 0.05) is 36.7 Å². The zero-order valence-corrected chi connectivity index (χ0v) is 13.3. The quantitative estimate of drug-likeness (QED) is 0.925. The maximum atomic E-state index is 13.0. The Morgan fingerprint density at radius 3 is 3.05 bits per heavy atom. The summed E-state index contributed by atoms with van der Waals surface area (Å²) in [5, 5.41) is 10.9. The molecule has 0 saturated carbocycles. The highest BCUT2D eigenvalue weighted by Gasteiger charge is 2.32. The molecule has 2 aromatic rings. The Hall–Kier alpha value is -1.65. The van der Waals surface area contributed by atoms with Crippen molar-refractivity contribution in [3.05, 3.63) is 41.0 Å². The predicted octanol–water partition coefficient (Wildman–Crippen LogP) is 3.12. The molecule has 0 spiro atoms. The van der Waals surface area contributed by atoms with Gasteiger partial charge in [-0.2, -0.15) is 0 Å². The van der Waals surface area contributed by atoms with Gasteiger partial charge >= 0.3 is 0 Å². The van der Waals surface area contributed by atoms with E-state index >= 15 is 0 Å². The number of benzene rings is 1. The molecule has 1 aromatic heterocycles. The van der Waals surface area contributed by atoms with E-state index in [-0.39, 0.29) is 24.5 Å². The molecule has 0 aliphatic carbocycles. The average Bonchev–Trinajstić information content (AvgIpc) is 2.55. The van der Waals surface area contributed by atoms with Gasteiger partial charge in [0.2, 0.25) is 0 Å². The second-order valence-electron chi connectivity index (χ2n) is 5.82. The van der Waals surface area contributed by atoms with Gasteiger partial charge in [0.05, 0.1) is 16.1 Å². The molecule has 1 saturated heterocycles. The van der Waals surface area contributed by atoms with Gasteiger partial charge in [-0.3, -0.25) is 9.78 Å². The van der Waals surface area contributed by atoms with Crippen molar-refractivity contribution in [1.29, 1.82) is 0 Å². The number of rotatable bonds is 2. The maximum absolute atomic E-state index is 13.0. The van der Waals surface area contributed by atoms with Crippen LogP contribution in [-0.4, -0.2) is 40.1 Å². The molecule has 3 rings (SSSR count). The number of carbonyl (C=O) groups excluding carboxylic acids is 1. The first-order valence-corrected chi connectivity index (χ1v) is 7.96. The molecule has 4 nitrogen and oxygen atoms in total. The van der Waals surface area contributed by atoms with Gasteiger partial charge in [0.25, 0.3) is 5.91 Å². The number of likely N-dealkylation sites (tertiary alicyclic amines) is 1. The number of aliphatic hydroxyl groups excluding tert-OH is 1. The first kappa shape index (κ1) is 15.3. The number of halogens is 1. The lowest BCUT2D eigenvalue weighted by Gasteiger charge is -2.38. The van der Waals surface area contributed by atoms with Crippen LogP contribution in [0, 0.1) is 5.92 Å². The first-order valence-electron chi connectivity index (χ1n) is 7.58. The van der Waals surface area contributed by atoms with Crippen LogP contribution in [0.5, 0.6) is 0 Å². The molecule has 2 heterocycles. The molecule has 116 valence electrons. The van der Waals surface area contributed by atoms with E-state index in [9.17, 15) is 9.90 Å². The second kappa shape index (κ2) is 6.23. The van der Waals surface area contributed by atoms with Crippen molar-refractivity contribution in [3.8, 4) is 0 Å². The molecule has 1 aliphatic rings. The van der Waals surface area contributed by atoms with Crippen LogP contribution in [0.1, 0.15) is 30.1 Å². The van der Waals surface area contributed by atoms with E-state index in [4.69, 9.17) is 11.6 Å². The Bertz CT molecular complexity index is 704. The minimum atomic E-state index is -0.0361. The standard InChI is InChI=1S/C17H19ClN2O2/c1-11-12(10-21)4-3-9-20(11)17(22)14-6-7-15(18)13-5-2-8-19-16(13)14/h2,5-8,11-12,21H,3-4,9-10H2,1H3. The number of piperidine rings is 1. The molecule has 2 atom stereocenters. The van der Waals surface area contributed by atoms with Crippen LogP contribution in [0.25, 0.3) is 10.9 Å². The van der Waals surface area contributed by atoms with Gasteiger partial charge in [-0.05, 0) is 44.0 Å². The zero-order valence-electron chi connectivity index (χ0n) is 12.5. The summed E-state index contributed by atoms with van der Waals surface area (Å²) in [5.74, 6) is 0.107. The SMILES string of the molecule is CC1C(CO)CCCN1C(=O)c1ccc(Cl)c2cccnc12. The minimum Gasteiger partial charge on any atom is -0.396 e. The summed E-state index contributed by atoms with van der Waals surface area (Å²) in [7, 11) is 0. The number of hydrogen-bond acceptors (Lipinski definition) is 3. The number of aromatic nitrogens is 1. The molecular formula is C17H19ClN2O2. The maximum Gasteiger partial charge on any atom is 0.256 e. The van der Waals surface area contributed by atoms with Crippen molar-refractivity contribution >= 4 is 28.4 Å². The summed E-state index contributed by atoms with van der Waals surface area (Å²) < 4.78 is 0. The van der Waals surface area contributed by atoms with E-state index in [1.165, 1.54) is 0 Å². The van der Waals surface area contributed by atoms with E-state index < -0.39 is 0 Å². The monoisotopic (exact) mass is 318 g/mol. The molecule has 1 amide bonds. The van der Waals surface area contributed by atoms with Crippen molar-refractivity contribution in [1.82, 2.24) is 9.88 Å². The van der Waals surface area contributed by atoms with Crippen LogP contribution in [0.3, 0.4) is 0 Å². The summed E-state index contributed by atoms with van der Waals surface area (Å²) in [5.41, 5.74) is 1.21. The van der Waals surface area contributed by atoms with Crippen molar-refractivity contribution in [2.45, 2.75) is 25.8 Å². The number of nitrogens with zero attached hydrogens (tertiary/aromatic N) is 2. The third kappa shape index (κ3) is 2.57. The van der Waals surface area contributed by atoms with Crippen LogP contribution >= 0.6 is 11.6 Å². The zero-order chi connectivity index (χ0) is 15.7. The molecule has 0 bridgehead atoms. The van der Waals surface area contributed by atoms with Crippen molar-refractivity contribution in [2.24, 2.45) is 5.92 Å². The summed E-state index contributed by atoms with van der Waals surface area (Å²) in [6, 6.07) is 7.21. The number of aliphatic hydroxyl groups is 1. The minimum absolute atomic E-state index is 0.0284. The molecule has 0 radical (unpaired) electrons. The van der Waals surface area contributed by atoms with Gasteiger partial charge < -0.3 is 10.0 Å². The number of fused-ring (bicyclic) bond motifs is 1. The molecular weight excluding hydrogens is 300 g/mol. The predicted molar refractivity (Wildman–Crippen MR) is 87.1 cm³/mol. The molecule has 5 heteroatoms. The Morgan fingerprint density at radius 2 is 2.27 bits per heavy atom. The molecule has 1 fully saturated rings. The van der Waals surface area contributed by atoms with E-state index in [2.05, 4.69) is 4.98 Å². The fourth-order valence-corrected chi connectivity index (χ4v) is 3.43. The molecule has 1 aliphatic heterocycles. The average molecular weight is 319 g/mol. The van der Waals surface area contributed by atoms with Gasteiger partial charge in [0.1, 0.15) is 0 Å². The van der Waals surface area contributed by atoms with Gasteiger partial charge in [-0.1, -0.05) is 11.6 Å². The molecule has 1 N–H and O–H groups in total. The summed E-state index contributed by atoms with van der Waals surface area (Å²) >= 11 is 6.20. The molecule has 22 heavy (non-hydrogen) atoms. The van der Waals surface area contributed by atoms with Crippen LogP contribution in [0.15, 0.2) is 30.5 Å². The smallest absolute Gasteiger partial charge is 0.256 e. The Morgan fingerprint density at radius 1 is 1.45 bits per heavy atom. The number of hydrogen-bond donors (Lipinski definition) is 1. The highest BCUT2D eigenvalue weighted by Crippen LogP contribution is 2.29. The van der Waals surface area contributed by atoms with Crippen LogP contribution in [-0.2, 0) is 0 Å². The number of pyridine rings is 1. The van der Waals surface area contributed by atoms with Gasteiger partial charge in [-0.25, -0.2) is 0 Å². The summed E-state index contributed by atoms with van der Waals surface area (Å²) in [4.78, 5) is 19.1. The van der Waals surface area contributed by atoms with Crippen molar-refractivity contribution in [2.75, 3.05) is 13.2 Å². The lowest BCUT2D eigenvalue weighted by Crippen LogP contribution is -2.47. The van der Waals surface area contributed by atoms with Gasteiger partial charge in [0.15, 0.2) is 0 Å². The highest BCUT2D eigenvalue weighted by molar-refractivity contribution is 6.36. The third-order valence-corrected chi connectivity index (χ3v) is 4.92. The lowest BCUT2D eigenvalue weighted by atomic mass is 9.90. The van der Waals surface area contributed by atoms with Crippen molar-refractivity contribution < 1.29 is 9.90 Å². The summed E-state index contributed by atoms with van der Waals surface area (Å²) in [6.07, 6.45) is 3.55. The lowest BCUT2D eigenvalue weighted by molar-refractivity contribution is 0.0430. The number of carbonyl (C=O) groups is 1. The van der Waals surface area contributed by atoms with Crippen LogP contribution in [0.4, 0.5) is 0 Å². The topological polar surface area (TPSA) is 53.4 Å². The van der Waals surface area contributed by atoms with Crippen LogP contribution < -0.4 is 0 Å². The Kier molecular flexibility index (Phi) is 4.32. The first-order chi connectivity index (χ1) is 10.6. The Balaban J connectivity index is 2.00.